The predicted molar refractivity (Wildman–Crippen MR) is 122 cm³/mol. The number of hydrogen-bond acceptors (Lipinski definition) is 5. The topological polar surface area (TPSA) is 78.1 Å². The Morgan fingerprint density at radius 2 is 1.69 bits per heavy atom. The molecule has 1 atom stereocenters. The van der Waals surface area contributed by atoms with E-state index in [-0.39, 0.29) is 18.9 Å². The van der Waals surface area contributed by atoms with Crippen LogP contribution in [0.15, 0.2) is 66.7 Å². The lowest BCUT2D eigenvalue weighted by atomic mass is 9.98. The van der Waals surface area contributed by atoms with Crippen molar-refractivity contribution in [1.29, 1.82) is 0 Å². The third-order valence-corrected chi connectivity index (χ3v) is 5.23. The van der Waals surface area contributed by atoms with Gasteiger partial charge in [-0.1, -0.05) is 36.4 Å². The minimum atomic E-state index is -0.321. The Hall–Kier alpha value is -3.87. The molecule has 166 valence electrons. The van der Waals surface area contributed by atoms with Gasteiger partial charge in [0.05, 0.1) is 19.9 Å². The van der Waals surface area contributed by atoms with Crippen LogP contribution in [0, 0.1) is 0 Å². The van der Waals surface area contributed by atoms with Crippen molar-refractivity contribution in [1.82, 2.24) is 5.32 Å². The number of amides is 2. The van der Waals surface area contributed by atoms with Crippen molar-refractivity contribution in [2.24, 2.45) is 0 Å². The predicted octanol–water partition coefficient (Wildman–Crippen LogP) is 4.41. The zero-order valence-corrected chi connectivity index (χ0v) is 18.1. The largest absolute Gasteiger partial charge is 0.497 e. The molecule has 0 fully saturated rings. The van der Waals surface area contributed by atoms with Crippen LogP contribution in [-0.2, 0) is 12.8 Å². The Morgan fingerprint density at radius 3 is 2.47 bits per heavy atom. The second kappa shape index (κ2) is 9.96. The quantitative estimate of drug-likeness (QED) is 0.549. The Labute approximate surface area is 187 Å². The second-order valence-corrected chi connectivity index (χ2v) is 7.44. The van der Waals surface area contributed by atoms with Crippen LogP contribution in [-0.4, -0.2) is 33.1 Å². The molecule has 0 radical (unpaired) electrons. The molecule has 1 heterocycles. The Kier molecular flexibility index (Phi) is 6.65. The van der Waals surface area contributed by atoms with Gasteiger partial charge < -0.3 is 29.6 Å². The normalized spacial score (nSPS) is 12.7. The van der Waals surface area contributed by atoms with E-state index in [0.717, 1.165) is 22.6 Å². The SMILES string of the molecule is COc1ccc(OC)c(NC(=O)NC(Cc2ccccc2)Cc2ccc3c(c2)OCO3)c1. The van der Waals surface area contributed by atoms with E-state index in [9.17, 15) is 4.79 Å². The molecule has 1 aliphatic rings. The number of fused-ring (bicyclic) bond motifs is 1. The summed E-state index contributed by atoms with van der Waals surface area (Å²) in [5.74, 6) is 2.65. The van der Waals surface area contributed by atoms with E-state index in [1.165, 1.54) is 0 Å². The van der Waals surface area contributed by atoms with Gasteiger partial charge in [0.2, 0.25) is 6.79 Å². The number of nitrogens with one attached hydrogen (secondary N) is 2. The van der Waals surface area contributed by atoms with Gasteiger partial charge in [0.25, 0.3) is 0 Å². The first kappa shape index (κ1) is 21.4. The summed E-state index contributed by atoms with van der Waals surface area (Å²) in [5.41, 5.74) is 2.72. The number of urea groups is 1. The molecule has 0 spiro atoms. The van der Waals surface area contributed by atoms with Crippen molar-refractivity contribution in [3.8, 4) is 23.0 Å². The van der Waals surface area contributed by atoms with Gasteiger partial charge in [0, 0.05) is 12.1 Å². The van der Waals surface area contributed by atoms with Gasteiger partial charge in [-0.3, -0.25) is 0 Å². The van der Waals surface area contributed by atoms with Gasteiger partial charge in [-0.15, -0.1) is 0 Å². The maximum Gasteiger partial charge on any atom is 0.319 e. The number of ether oxygens (including phenoxy) is 4. The molecule has 3 aromatic rings. The summed E-state index contributed by atoms with van der Waals surface area (Å²) in [6.07, 6.45) is 1.31. The van der Waals surface area contributed by atoms with Crippen LogP contribution in [0.25, 0.3) is 0 Å². The number of anilines is 1. The van der Waals surface area contributed by atoms with Gasteiger partial charge in [-0.25, -0.2) is 4.79 Å². The molecule has 1 aliphatic heterocycles. The van der Waals surface area contributed by atoms with Crippen molar-refractivity contribution in [2.45, 2.75) is 18.9 Å². The van der Waals surface area contributed by atoms with Crippen LogP contribution >= 0.6 is 0 Å². The van der Waals surface area contributed by atoms with Crippen molar-refractivity contribution >= 4 is 11.7 Å². The fourth-order valence-electron chi connectivity index (χ4n) is 3.68. The third kappa shape index (κ3) is 5.24. The summed E-state index contributed by atoms with van der Waals surface area (Å²) in [5, 5.41) is 5.98. The summed E-state index contributed by atoms with van der Waals surface area (Å²) < 4.78 is 21.5. The first-order chi connectivity index (χ1) is 15.6. The van der Waals surface area contributed by atoms with Crippen LogP contribution < -0.4 is 29.6 Å². The number of carbonyl (C=O) groups is 1. The van der Waals surface area contributed by atoms with Crippen LogP contribution in [0.3, 0.4) is 0 Å². The van der Waals surface area contributed by atoms with Crippen LogP contribution in [0.1, 0.15) is 11.1 Å². The smallest absolute Gasteiger partial charge is 0.319 e. The summed E-state index contributed by atoms with van der Waals surface area (Å²) in [4.78, 5) is 12.9. The van der Waals surface area contributed by atoms with E-state index in [2.05, 4.69) is 22.8 Å². The summed E-state index contributed by atoms with van der Waals surface area (Å²) in [7, 11) is 3.13. The monoisotopic (exact) mass is 434 g/mol. The fourth-order valence-corrected chi connectivity index (χ4v) is 3.68. The minimum absolute atomic E-state index is 0.144. The lowest BCUT2D eigenvalue weighted by Gasteiger charge is -2.20. The average Bonchev–Trinajstić information content (AvgIpc) is 3.27. The molecule has 0 saturated carbocycles. The second-order valence-electron chi connectivity index (χ2n) is 7.44. The van der Waals surface area contributed by atoms with Crippen molar-refractivity contribution < 1.29 is 23.7 Å². The van der Waals surface area contributed by atoms with Gasteiger partial charge in [-0.2, -0.15) is 0 Å². The molecule has 0 aliphatic carbocycles. The van der Waals surface area contributed by atoms with Gasteiger partial charge >= 0.3 is 6.03 Å². The highest BCUT2D eigenvalue weighted by Gasteiger charge is 2.19. The van der Waals surface area contributed by atoms with Crippen molar-refractivity contribution in [3.63, 3.8) is 0 Å². The lowest BCUT2D eigenvalue weighted by molar-refractivity contribution is 0.174. The first-order valence-electron chi connectivity index (χ1n) is 10.4. The standard InChI is InChI=1S/C25H26N2O5/c1-29-20-9-11-22(30-2)21(15-20)27-25(28)26-19(12-17-6-4-3-5-7-17)13-18-8-10-23-24(14-18)32-16-31-23/h3-11,14-15,19H,12-13,16H2,1-2H3,(H2,26,27,28). The third-order valence-electron chi connectivity index (χ3n) is 5.23. The van der Waals surface area contributed by atoms with Crippen molar-refractivity contribution in [2.75, 3.05) is 26.3 Å². The Morgan fingerprint density at radius 1 is 0.906 bits per heavy atom. The van der Waals surface area contributed by atoms with Crippen LogP contribution in [0.5, 0.6) is 23.0 Å². The zero-order valence-electron chi connectivity index (χ0n) is 18.1. The molecule has 0 aromatic heterocycles. The van der Waals surface area contributed by atoms with E-state index < -0.39 is 0 Å². The molecular weight excluding hydrogens is 408 g/mol. The molecule has 3 aromatic carbocycles. The molecule has 7 heteroatoms. The van der Waals surface area contributed by atoms with Crippen LogP contribution in [0.2, 0.25) is 0 Å². The molecule has 7 nitrogen and oxygen atoms in total. The lowest BCUT2D eigenvalue weighted by Crippen LogP contribution is -2.40. The van der Waals surface area contributed by atoms with Crippen molar-refractivity contribution in [3.05, 3.63) is 77.9 Å². The number of methoxy groups -OCH3 is 2. The zero-order chi connectivity index (χ0) is 22.3. The molecule has 32 heavy (non-hydrogen) atoms. The number of rotatable bonds is 8. The Bertz CT molecular complexity index is 1070. The number of benzene rings is 3. The average molecular weight is 434 g/mol. The minimum Gasteiger partial charge on any atom is -0.497 e. The van der Waals surface area contributed by atoms with E-state index in [1.54, 1.807) is 32.4 Å². The number of carbonyl (C=O) groups excluding carboxylic acids is 1. The summed E-state index contributed by atoms with van der Waals surface area (Å²) >= 11 is 0. The molecule has 0 bridgehead atoms. The van der Waals surface area contributed by atoms with Gasteiger partial charge in [0.1, 0.15) is 11.5 Å². The maximum atomic E-state index is 12.9. The highest BCUT2D eigenvalue weighted by molar-refractivity contribution is 5.91. The highest BCUT2D eigenvalue weighted by atomic mass is 16.7. The molecule has 2 amide bonds. The maximum absolute atomic E-state index is 12.9. The Balaban J connectivity index is 1.50. The molecule has 0 saturated heterocycles. The fraction of sp³-hybridized carbons (Fsp3) is 0.240. The number of hydrogen-bond donors (Lipinski definition) is 2. The van der Waals surface area contributed by atoms with E-state index in [1.807, 2.05) is 36.4 Å². The van der Waals surface area contributed by atoms with E-state index in [0.29, 0.717) is 30.0 Å². The molecule has 4 rings (SSSR count). The molecule has 2 N–H and O–H groups in total. The van der Waals surface area contributed by atoms with Crippen LogP contribution in [0.4, 0.5) is 10.5 Å². The summed E-state index contributed by atoms with van der Waals surface area (Å²) in [6, 6.07) is 20.7. The molecular formula is C25H26N2O5. The molecule has 1 unspecified atom stereocenters. The van der Waals surface area contributed by atoms with Gasteiger partial charge in [-0.05, 0) is 48.2 Å². The summed E-state index contributed by atoms with van der Waals surface area (Å²) in [6.45, 7) is 0.231. The first-order valence-corrected chi connectivity index (χ1v) is 10.4. The highest BCUT2D eigenvalue weighted by Crippen LogP contribution is 2.33. The van der Waals surface area contributed by atoms with E-state index in [4.69, 9.17) is 18.9 Å². The van der Waals surface area contributed by atoms with E-state index >= 15 is 0 Å². The van der Waals surface area contributed by atoms with Gasteiger partial charge in [0.15, 0.2) is 11.5 Å².